The maximum absolute atomic E-state index is 2.42. The molecular formula is C16H26. The molecule has 0 unspecified atom stereocenters. The average Bonchev–Trinajstić information content (AvgIpc) is 2.37. The minimum atomic E-state index is 0.452. The lowest BCUT2D eigenvalue weighted by molar-refractivity contribution is 0.261. The van der Waals surface area contributed by atoms with Crippen LogP contribution in [0.2, 0.25) is 0 Å². The Morgan fingerprint density at radius 2 is 1.50 bits per heavy atom. The molecule has 1 aromatic rings. The molecule has 16 heavy (non-hydrogen) atoms. The van der Waals surface area contributed by atoms with E-state index < -0.39 is 0 Å². The summed E-state index contributed by atoms with van der Waals surface area (Å²) >= 11 is 0. The third kappa shape index (κ3) is 3.10. The van der Waals surface area contributed by atoms with Crippen LogP contribution in [0.5, 0.6) is 0 Å². The summed E-state index contributed by atoms with van der Waals surface area (Å²) in [6.45, 7) is 8.80. The van der Waals surface area contributed by atoms with Crippen molar-refractivity contribution in [3.05, 3.63) is 35.9 Å². The number of benzene rings is 1. The topological polar surface area (TPSA) is 0 Å². The minimum absolute atomic E-state index is 0.452. The lowest BCUT2D eigenvalue weighted by Crippen LogP contribution is -2.27. The summed E-state index contributed by atoms with van der Waals surface area (Å²) in [4.78, 5) is 0. The highest BCUT2D eigenvalue weighted by atomic mass is 14.3. The SMILES string of the molecule is CC.CC1CCC(C)(c2ccccc2)CC1. The third-order valence-electron chi connectivity index (χ3n) is 3.85. The van der Waals surface area contributed by atoms with Crippen molar-refractivity contribution >= 4 is 0 Å². The zero-order valence-corrected chi connectivity index (χ0v) is 11.3. The predicted molar refractivity (Wildman–Crippen MR) is 72.8 cm³/mol. The second-order valence-corrected chi connectivity index (χ2v) is 5.11. The molecule has 0 bridgehead atoms. The van der Waals surface area contributed by atoms with E-state index in [2.05, 4.69) is 44.2 Å². The van der Waals surface area contributed by atoms with E-state index in [1.165, 1.54) is 31.2 Å². The van der Waals surface area contributed by atoms with Gasteiger partial charge >= 0.3 is 0 Å². The Hall–Kier alpha value is -0.780. The molecule has 1 saturated carbocycles. The first-order chi connectivity index (χ1) is 7.71. The molecule has 1 aromatic carbocycles. The summed E-state index contributed by atoms with van der Waals surface area (Å²) in [5.74, 6) is 0.937. The molecule has 0 radical (unpaired) electrons. The maximum Gasteiger partial charge on any atom is -0.00751 e. The van der Waals surface area contributed by atoms with Crippen molar-refractivity contribution in [2.75, 3.05) is 0 Å². The quantitative estimate of drug-likeness (QED) is 0.609. The van der Waals surface area contributed by atoms with Crippen LogP contribution in [0.3, 0.4) is 0 Å². The van der Waals surface area contributed by atoms with Crippen molar-refractivity contribution in [2.45, 2.75) is 58.8 Å². The molecule has 0 amide bonds. The van der Waals surface area contributed by atoms with Crippen molar-refractivity contribution in [3.63, 3.8) is 0 Å². The van der Waals surface area contributed by atoms with Gasteiger partial charge in [-0.2, -0.15) is 0 Å². The molecule has 0 saturated heterocycles. The Balaban J connectivity index is 0.000000606. The Morgan fingerprint density at radius 3 is 2.00 bits per heavy atom. The van der Waals surface area contributed by atoms with Crippen molar-refractivity contribution in [1.82, 2.24) is 0 Å². The molecule has 0 spiro atoms. The standard InChI is InChI=1S/C14H20.C2H6/c1-12-8-10-14(2,11-9-12)13-6-4-3-5-7-13;1-2/h3-7,12H,8-11H2,1-2H3;1-2H3. The fourth-order valence-electron chi connectivity index (χ4n) is 2.53. The van der Waals surface area contributed by atoms with Gasteiger partial charge in [-0.05, 0) is 42.6 Å². The summed E-state index contributed by atoms with van der Waals surface area (Å²) in [7, 11) is 0. The first-order valence-corrected chi connectivity index (χ1v) is 6.76. The molecule has 2 rings (SSSR count). The molecule has 1 aliphatic rings. The van der Waals surface area contributed by atoms with Crippen molar-refractivity contribution in [1.29, 1.82) is 0 Å². The van der Waals surface area contributed by atoms with Gasteiger partial charge in [-0.3, -0.25) is 0 Å². The fourth-order valence-corrected chi connectivity index (χ4v) is 2.53. The fraction of sp³-hybridized carbons (Fsp3) is 0.625. The molecule has 0 atom stereocenters. The predicted octanol–water partition coefficient (Wildman–Crippen LogP) is 5.18. The highest BCUT2D eigenvalue weighted by molar-refractivity contribution is 5.24. The summed E-state index contributed by atoms with van der Waals surface area (Å²) < 4.78 is 0. The third-order valence-corrected chi connectivity index (χ3v) is 3.85. The van der Waals surface area contributed by atoms with Crippen molar-refractivity contribution in [3.8, 4) is 0 Å². The molecule has 0 heteroatoms. The summed E-state index contributed by atoms with van der Waals surface area (Å²) in [5.41, 5.74) is 1.99. The van der Waals surface area contributed by atoms with Crippen LogP contribution in [0.25, 0.3) is 0 Å². The molecule has 90 valence electrons. The van der Waals surface area contributed by atoms with Gasteiger partial charge in [-0.1, -0.05) is 58.0 Å². The Labute approximate surface area is 101 Å². The van der Waals surface area contributed by atoms with E-state index in [9.17, 15) is 0 Å². The van der Waals surface area contributed by atoms with Crippen LogP contribution in [0.4, 0.5) is 0 Å². The van der Waals surface area contributed by atoms with Crippen molar-refractivity contribution in [2.24, 2.45) is 5.92 Å². The van der Waals surface area contributed by atoms with Gasteiger partial charge in [0.15, 0.2) is 0 Å². The zero-order chi connectivity index (χ0) is 12.0. The number of rotatable bonds is 1. The monoisotopic (exact) mass is 218 g/mol. The van der Waals surface area contributed by atoms with Gasteiger partial charge in [0.2, 0.25) is 0 Å². The van der Waals surface area contributed by atoms with Crippen LogP contribution < -0.4 is 0 Å². The molecule has 0 aliphatic heterocycles. The van der Waals surface area contributed by atoms with Gasteiger partial charge in [0.05, 0.1) is 0 Å². The lowest BCUT2D eigenvalue weighted by atomic mass is 9.68. The molecular weight excluding hydrogens is 192 g/mol. The Bertz CT molecular complexity index is 278. The summed E-state index contributed by atoms with van der Waals surface area (Å²) in [6.07, 6.45) is 5.51. The van der Waals surface area contributed by atoms with Crippen LogP contribution in [0.1, 0.15) is 58.9 Å². The second kappa shape index (κ2) is 6.08. The average molecular weight is 218 g/mol. The van der Waals surface area contributed by atoms with Crippen LogP contribution in [-0.4, -0.2) is 0 Å². The van der Waals surface area contributed by atoms with Gasteiger partial charge < -0.3 is 0 Å². The molecule has 0 N–H and O–H groups in total. The maximum atomic E-state index is 2.42. The smallest absolute Gasteiger partial charge is 0.00751 e. The highest BCUT2D eigenvalue weighted by Gasteiger charge is 2.30. The number of hydrogen-bond acceptors (Lipinski definition) is 0. The minimum Gasteiger partial charge on any atom is -0.0683 e. The molecule has 0 aromatic heterocycles. The van der Waals surface area contributed by atoms with E-state index in [0.29, 0.717) is 5.41 Å². The normalized spacial score (nSPS) is 29.1. The highest BCUT2D eigenvalue weighted by Crippen LogP contribution is 2.40. The molecule has 1 aliphatic carbocycles. The van der Waals surface area contributed by atoms with Crippen LogP contribution in [0, 0.1) is 5.92 Å². The lowest BCUT2D eigenvalue weighted by Gasteiger charge is -2.36. The van der Waals surface area contributed by atoms with Crippen LogP contribution >= 0.6 is 0 Å². The van der Waals surface area contributed by atoms with Crippen molar-refractivity contribution < 1.29 is 0 Å². The second-order valence-electron chi connectivity index (χ2n) is 5.11. The molecule has 1 fully saturated rings. The van der Waals surface area contributed by atoms with Gasteiger partial charge in [-0.25, -0.2) is 0 Å². The van der Waals surface area contributed by atoms with Gasteiger partial charge in [0.1, 0.15) is 0 Å². The zero-order valence-electron chi connectivity index (χ0n) is 11.3. The van der Waals surface area contributed by atoms with E-state index in [4.69, 9.17) is 0 Å². The molecule has 0 heterocycles. The van der Waals surface area contributed by atoms with Gasteiger partial charge in [0.25, 0.3) is 0 Å². The largest absolute Gasteiger partial charge is 0.0683 e. The van der Waals surface area contributed by atoms with Crippen LogP contribution in [0.15, 0.2) is 30.3 Å². The Morgan fingerprint density at radius 1 is 1.00 bits per heavy atom. The first-order valence-electron chi connectivity index (χ1n) is 6.76. The van der Waals surface area contributed by atoms with E-state index >= 15 is 0 Å². The van der Waals surface area contributed by atoms with E-state index in [1.807, 2.05) is 13.8 Å². The van der Waals surface area contributed by atoms with E-state index in [0.717, 1.165) is 5.92 Å². The molecule has 0 nitrogen and oxygen atoms in total. The first kappa shape index (κ1) is 13.3. The van der Waals surface area contributed by atoms with Gasteiger partial charge in [0, 0.05) is 0 Å². The van der Waals surface area contributed by atoms with Crippen LogP contribution in [-0.2, 0) is 5.41 Å². The van der Waals surface area contributed by atoms with E-state index in [1.54, 1.807) is 0 Å². The Kier molecular flexibility index (Phi) is 5.05. The van der Waals surface area contributed by atoms with Gasteiger partial charge in [-0.15, -0.1) is 0 Å². The number of hydrogen-bond donors (Lipinski definition) is 0. The van der Waals surface area contributed by atoms with E-state index in [-0.39, 0.29) is 0 Å². The summed E-state index contributed by atoms with van der Waals surface area (Å²) in [6, 6.07) is 11.0. The summed E-state index contributed by atoms with van der Waals surface area (Å²) in [5, 5.41) is 0.